The highest BCUT2D eigenvalue weighted by molar-refractivity contribution is 5.93. The van der Waals surface area contributed by atoms with Crippen LogP contribution >= 0.6 is 0 Å². The summed E-state index contributed by atoms with van der Waals surface area (Å²) in [6.45, 7) is 4.35. The van der Waals surface area contributed by atoms with Crippen molar-refractivity contribution >= 4 is 5.91 Å². The largest absolute Gasteiger partial charge is 0.346 e. The number of amides is 1. The van der Waals surface area contributed by atoms with Crippen molar-refractivity contribution < 1.29 is 4.79 Å². The summed E-state index contributed by atoms with van der Waals surface area (Å²) in [5.41, 5.74) is 5.32. The fraction of sp³-hybridized carbons (Fsp3) is 0.174. The molecule has 1 atom stereocenters. The molecule has 8 heteroatoms. The van der Waals surface area contributed by atoms with Crippen LogP contribution in [0, 0.1) is 18.3 Å². The molecule has 0 fully saturated rings. The Morgan fingerprint density at radius 3 is 2.71 bits per heavy atom. The van der Waals surface area contributed by atoms with Crippen LogP contribution in [0.3, 0.4) is 0 Å². The molecule has 0 spiro atoms. The fourth-order valence-corrected chi connectivity index (χ4v) is 3.30. The molecule has 0 bridgehead atoms. The van der Waals surface area contributed by atoms with Crippen molar-refractivity contribution in [3.8, 4) is 28.6 Å². The van der Waals surface area contributed by atoms with E-state index in [9.17, 15) is 4.79 Å². The second-order valence-electron chi connectivity index (χ2n) is 7.34. The fourth-order valence-electron chi connectivity index (χ4n) is 3.30. The lowest BCUT2D eigenvalue weighted by molar-refractivity contribution is 0.0931. The van der Waals surface area contributed by atoms with Crippen molar-refractivity contribution in [3.63, 3.8) is 0 Å². The molecular weight excluding hydrogens is 390 g/mol. The van der Waals surface area contributed by atoms with Crippen LogP contribution in [0.4, 0.5) is 0 Å². The number of benzene rings is 1. The zero-order chi connectivity index (χ0) is 21.8. The van der Waals surface area contributed by atoms with Crippen LogP contribution in [0.1, 0.15) is 28.5 Å². The number of hydrogen-bond acceptors (Lipinski definition) is 5. The van der Waals surface area contributed by atoms with Crippen LogP contribution in [0.5, 0.6) is 0 Å². The highest BCUT2D eigenvalue weighted by Crippen LogP contribution is 2.20. The van der Waals surface area contributed by atoms with E-state index in [2.05, 4.69) is 31.7 Å². The Balaban J connectivity index is 1.39. The molecule has 0 radical (unpaired) electrons. The van der Waals surface area contributed by atoms with E-state index in [1.807, 2.05) is 50.4 Å². The van der Waals surface area contributed by atoms with Crippen LogP contribution in [-0.4, -0.2) is 36.9 Å². The summed E-state index contributed by atoms with van der Waals surface area (Å²) in [5, 5.41) is 23.6. The van der Waals surface area contributed by atoms with E-state index in [4.69, 9.17) is 5.26 Å². The number of nitrogens with one attached hydrogen (secondary N) is 2. The molecule has 0 aliphatic heterocycles. The first-order chi connectivity index (χ1) is 15.0. The standard InChI is InChI=1S/C23H21N7O/c1-15-11-18(3-4-19(15)13-24)20-7-10-30(29-20)14-16(2)26-23(31)22-12-21(27-28-22)17-5-8-25-9-6-17/h3-12,16H,14H2,1-2H3,(H,26,31)(H,27,28). The van der Waals surface area contributed by atoms with Crippen molar-refractivity contribution in [1.29, 1.82) is 5.26 Å². The lowest BCUT2D eigenvalue weighted by atomic mass is 10.0. The zero-order valence-electron chi connectivity index (χ0n) is 17.2. The third-order valence-electron chi connectivity index (χ3n) is 4.92. The van der Waals surface area contributed by atoms with E-state index in [1.165, 1.54) is 0 Å². The maximum Gasteiger partial charge on any atom is 0.269 e. The van der Waals surface area contributed by atoms with Crippen molar-refractivity contribution in [3.05, 3.63) is 77.9 Å². The Morgan fingerprint density at radius 1 is 1.16 bits per heavy atom. The first kappa shape index (κ1) is 20.0. The van der Waals surface area contributed by atoms with Gasteiger partial charge in [-0.1, -0.05) is 6.07 Å². The molecule has 4 rings (SSSR count). The van der Waals surface area contributed by atoms with E-state index in [1.54, 1.807) is 29.2 Å². The Kier molecular flexibility index (Phi) is 5.58. The number of hydrogen-bond donors (Lipinski definition) is 2. The van der Waals surface area contributed by atoms with Gasteiger partial charge in [0.05, 0.1) is 29.6 Å². The van der Waals surface area contributed by atoms with Gasteiger partial charge in [-0.3, -0.25) is 19.6 Å². The summed E-state index contributed by atoms with van der Waals surface area (Å²) in [7, 11) is 0. The second kappa shape index (κ2) is 8.63. The topological polar surface area (TPSA) is 112 Å². The summed E-state index contributed by atoms with van der Waals surface area (Å²) >= 11 is 0. The number of aryl methyl sites for hydroxylation is 1. The van der Waals surface area contributed by atoms with E-state index < -0.39 is 0 Å². The minimum absolute atomic E-state index is 0.143. The Bertz CT molecular complexity index is 1250. The average molecular weight is 411 g/mol. The van der Waals surface area contributed by atoms with E-state index in [-0.39, 0.29) is 11.9 Å². The first-order valence-corrected chi connectivity index (χ1v) is 9.85. The number of aromatic amines is 1. The molecule has 0 saturated carbocycles. The molecule has 0 aliphatic carbocycles. The molecule has 0 aliphatic rings. The lowest BCUT2D eigenvalue weighted by Crippen LogP contribution is -2.36. The predicted molar refractivity (Wildman–Crippen MR) is 116 cm³/mol. The van der Waals surface area contributed by atoms with Gasteiger partial charge in [-0.05, 0) is 55.8 Å². The molecule has 1 unspecified atom stereocenters. The van der Waals surface area contributed by atoms with Gasteiger partial charge in [-0.15, -0.1) is 0 Å². The van der Waals surface area contributed by atoms with Crippen molar-refractivity contribution in [2.45, 2.75) is 26.4 Å². The Morgan fingerprint density at radius 2 is 1.97 bits per heavy atom. The van der Waals surface area contributed by atoms with E-state index in [0.717, 1.165) is 22.4 Å². The molecule has 0 saturated heterocycles. The number of rotatable bonds is 6. The zero-order valence-corrected chi connectivity index (χ0v) is 17.2. The number of carbonyl (C=O) groups is 1. The molecule has 1 amide bonds. The van der Waals surface area contributed by atoms with Gasteiger partial charge in [-0.2, -0.15) is 15.5 Å². The molecular formula is C23H21N7O. The normalized spacial score (nSPS) is 11.6. The number of nitrogens with zero attached hydrogens (tertiary/aromatic N) is 5. The van der Waals surface area contributed by atoms with Crippen LogP contribution in [0.15, 0.2) is 61.1 Å². The number of aromatic nitrogens is 5. The molecule has 8 nitrogen and oxygen atoms in total. The van der Waals surface area contributed by atoms with E-state index in [0.29, 0.717) is 23.5 Å². The number of pyridine rings is 1. The summed E-state index contributed by atoms with van der Waals surface area (Å²) in [6.07, 6.45) is 5.25. The molecule has 3 aromatic heterocycles. The van der Waals surface area contributed by atoms with Gasteiger partial charge >= 0.3 is 0 Å². The minimum atomic E-state index is -0.226. The molecule has 1 aromatic carbocycles. The van der Waals surface area contributed by atoms with Crippen molar-refractivity contribution in [2.24, 2.45) is 0 Å². The first-order valence-electron chi connectivity index (χ1n) is 9.85. The molecule has 2 N–H and O–H groups in total. The highest BCUT2D eigenvalue weighted by atomic mass is 16.2. The van der Waals surface area contributed by atoms with Gasteiger partial charge < -0.3 is 5.32 Å². The maximum atomic E-state index is 12.6. The van der Waals surface area contributed by atoms with Gasteiger partial charge in [0, 0.05) is 35.8 Å². The van der Waals surface area contributed by atoms with Crippen LogP contribution in [0.2, 0.25) is 0 Å². The van der Waals surface area contributed by atoms with Gasteiger partial charge in [0.2, 0.25) is 0 Å². The maximum absolute atomic E-state index is 12.6. The Labute approximate surface area is 179 Å². The molecule has 31 heavy (non-hydrogen) atoms. The van der Waals surface area contributed by atoms with Crippen molar-refractivity contribution in [1.82, 2.24) is 30.3 Å². The molecule has 4 aromatic rings. The Hall–Kier alpha value is -4.25. The van der Waals surface area contributed by atoms with Crippen LogP contribution in [-0.2, 0) is 6.54 Å². The van der Waals surface area contributed by atoms with Gasteiger partial charge in [0.25, 0.3) is 5.91 Å². The van der Waals surface area contributed by atoms with Gasteiger partial charge in [0.15, 0.2) is 0 Å². The summed E-state index contributed by atoms with van der Waals surface area (Å²) in [6, 6.07) is 15.0. The molecule has 3 heterocycles. The number of H-pyrrole nitrogens is 1. The summed E-state index contributed by atoms with van der Waals surface area (Å²) in [5.74, 6) is -0.226. The monoisotopic (exact) mass is 411 g/mol. The quantitative estimate of drug-likeness (QED) is 0.505. The predicted octanol–water partition coefficient (Wildman–Crippen LogP) is 3.33. The van der Waals surface area contributed by atoms with Crippen LogP contribution < -0.4 is 5.32 Å². The third-order valence-corrected chi connectivity index (χ3v) is 4.92. The average Bonchev–Trinajstić information content (AvgIpc) is 3.44. The summed E-state index contributed by atoms with van der Waals surface area (Å²) < 4.78 is 1.79. The minimum Gasteiger partial charge on any atom is -0.346 e. The lowest BCUT2D eigenvalue weighted by Gasteiger charge is -2.13. The SMILES string of the molecule is Cc1cc(-c2ccn(CC(C)NC(=O)c3cc(-c4ccncc4)n[nH]3)n2)ccc1C#N. The second-order valence-corrected chi connectivity index (χ2v) is 7.34. The smallest absolute Gasteiger partial charge is 0.269 e. The van der Waals surface area contributed by atoms with Gasteiger partial charge in [-0.25, -0.2) is 0 Å². The third kappa shape index (κ3) is 4.51. The molecule has 154 valence electrons. The number of nitriles is 1. The number of carbonyl (C=O) groups excluding carboxylic acids is 1. The van der Waals surface area contributed by atoms with Crippen molar-refractivity contribution in [2.75, 3.05) is 0 Å². The highest BCUT2D eigenvalue weighted by Gasteiger charge is 2.14. The summed E-state index contributed by atoms with van der Waals surface area (Å²) in [4.78, 5) is 16.6. The van der Waals surface area contributed by atoms with Crippen LogP contribution in [0.25, 0.3) is 22.5 Å². The van der Waals surface area contributed by atoms with E-state index >= 15 is 0 Å². The van der Waals surface area contributed by atoms with Gasteiger partial charge in [0.1, 0.15) is 5.69 Å².